The fourth-order valence-corrected chi connectivity index (χ4v) is 5.13. The van der Waals surface area contributed by atoms with Gasteiger partial charge in [0, 0.05) is 19.1 Å². The molecule has 1 spiro atoms. The molecule has 2 aliphatic heterocycles. The van der Waals surface area contributed by atoms with E-state index in [-0.39, 0.29) is 18.3 Å². The Morgan fingerprint density at radius 3 is 2.53 bits per heavy atom. The van der Waals surface area contributed by atoms with Gasteiger partial charge < -0.3 is 15.4 Å². The molecule has 0 aromatic carbocycles. The number of ether oxygens (including phenoxy) is 1. The lowest BCUT2D eigenvalue weighted by Gasteiger charge is -2.28. The van der Waals surface area contributed by atoms with E-state index in [2.05, 4.69) is 0 Å². The van der Waals surface area contributed by atoms with E-state index < -0.39 is 26.3 Å². The van der Waals surface area contributed by atoms with Crippen molar-refractivity contribution in [1.29, 1.82) is 0 Å². The van der Waals surface area contributed by atoms with Crippen LogP contribution >= 0.6 is 0 Å². The first-order valence-electron chi connectivity index (χ1n) is 6.53. The summed E-state index contributed by atoms with van der Waals surface area (Å²) in [6, 6.07) is -0.384. The molecule has 0 bridgehead atoms. The number of sulfone groups is 1. The van der Waals surface area contributed by atoms with E-state index in [1.165, 1.54) is 4.90 Å². The number of likely N-dealkylation sites (tertiary alicyclic amines) is 1. The SMILES string of the molecule is CC(C)(C)OC(=O)N1CCC2(C1)C(N)CCS2(=O)=O. The molecule has 2 aliphatic rings. The third-order valence-corrected chi connectivity index (χ3v) is 6.56. The molecule has 0 aromatic heterocycles. The number of nitrogens with two attached hydrogens (primary N) is 1. The zero-order valence-corrected chi connectivity index (χ0v) is 12.5. The highest BCUT2D eigenvalue weighted by atomic mass is 32.2. The molecule has 110 valence electrons. The van der Waals surface area contributed by atoms with E-state index >= 15 is 0 Å². The number of nitrogens with zero attached hydrogens (tertiary/aromatic N) is 1. The van der Waals surface area contributed by atoms with Crippen LogP contribution in [0, 0.1) is 0 Å². The Morgan fingerprint density at radius 1 is 1.42 bits per heavy atom. The first-order valence-corrected chi connectivity index (χ1v) is 8.18. The summed E-state index contributed by atoms with van der Waals surface area (Å²) in [5.41, 5.74) is 5.40. The van der Waals surface area contributed by atoms with Crippen molar-refractivity contribution in [2.45, 2.75) is 50.0 Å². The van der Waals surface area contributed by atoms with Crippen molar-refractivity contribution in [3.8, 4) is 0 Å². The van der Waals surface area contributed by atoms with E-state index in [0.29, 0.717) is 19.4 Å². The Bertz CT molecular complexity index is 482. The summed E-state index contributed by atoms with van der Waals surface area (Å²) in [6.07, 6.45) is 0.430. The predicted molar refractivity (Wildman–Crippen MR) is 71.5 cm³/mol. The van der Waals surface area contributed by atoms with Crippen molar-refractivity contribution in [2.75, 3.05) is 18.8 Å². The maximum absolute atomic E-state index is 12.2. The molecule has 2 unspecified atom stereocenters. The second kappa shape index (κ2) is 4.34. The summed E-state index contributed by atoms with van der Waals surface area (Å²) < 4.78 is 28.7. The molecule has 2 atom stereocenters. The molecule has 0 aliphatic carbocycles. The maximum Gasteiger partial charge on any atom is 0.410 e. The number of rotatable bonds is 0. The van der Waals surface area contributed by atoms with Crippen LogP contribution in [-0.2, 0) is 14.6 Å². The highest BCUT2D eigenvalue weighted by Crippen LogP contribution is 2.39. The van der Waals surface area contributed by atoms with Gasteiger partial charge in [0.25, 0.3) is 0 Å². The van der Waals surface area contributed by atoms with E-state index in [9.17, 15) is 13.2 Å². The molecule has 2 N–H and O–H groups in total. The average Bonchev–Trinajstić information content (AvgIpc) is 2.77. The number of carbonyl (C=O) groups is 1. The molecule has 0 radical (unpaired) electrons. The Labute approximate surface area is 114 Å². The molecule has 6 nitrogen and oxygen atoms in total. The van der Waals surface area contributed by atoms with Crippen LogP contribution in [0.3, 0.4) is 0 Å². The van der Waals surface area contributed by atoms with Gasteiger partial charge in [-0.2, -0.15) is 0 Å². The third-order valence-electron chi connectivity index (χ3n) is 3.91. The predicted octanol–water partition coefficient (Wildman–Crippen LogP) is 0.512. The molecular formula is C12H22N2O4S. The molecule has 7 heteroatoms. The summed E-state index contributed by atoms with van der Waals surface area (Å²) in [4.78, 5) is 13.5. The molecule has 2 heterocycles. The lowest BCUT2D eigenvalue weighted by Crippen LogP contribution is -2.51. The monoisotopic (exact) mass is 290 g/mol. The fourth-order valence-electron chi connectivity index (χ4n) is 2.82. The quantitative estimate of drug-likeness (QED) is 0.702. The van der Waals surface area contributed by atoms with Crippen molar-refractivity contribution in [1.82, 2.24) is 4.90 Å². The fraction of sp³-hybridized carbons (Fsp3) is 0.917. The number of hydrogen-bond acceptors (Lipinski definition) is 5. The van der Waals surface area contributed by atoms with Gasteiger partial charge in [-0.05, 0) is 33.6 Å². The first kappa shape index (κ1) is 14.6. The van der Waals surface area contributed by atoms with E-state index in [4.69, 9.17) is 10.5 Å². The second-order valence-corrected chi connectivity index (χ2v) is 8.88. The van der Waals surface area contributed by atoms with Gasteiger partial charge in [-0.1, -0.05) is 0 Å². The van der Waals surface area contributed by atoms with Crippen LogP contribution in [0.15, 0.2) is 0 Å². The average molecular weight is 290 g/mol. The minimum Gasteiger partial charge on any atom is -0.444 e. The Balaban J connectivity index is 2.14. The second-order valence-electron chi connectivity index (χ2n) is 6.43. The van der Waals surface area contributed by atoms with Gasteiger partial charge in [0.1, 0.15) is 10.3 Å². The highest BCUT2D eigenvalue weighted by Gasteiger charge is 2.57. The van der Waals surface area contributed by atoms with Gasteiger partial charge >= 0.3 is 6.09 Å². The van der Waals surface area contributed by atoms with Gasteiger partial charge in [0.15, 0.2) is 9.84 Å². The summed E-state index contributed by atoms with van der Waals surface area (Å²) in [7, 11) is -3.22. The lowest BCUT2D eigenvalue weighted by atomic mass is 9.97. The molecule has 2 rings (SSSR count). The number of hydrogen-bond donors (Lipinski definition) is 1. The maximum atomic E-state index is 12.2. The number of amides is 1. The molecule has 2 saturated heterocycles. The Morgan fingerprint density at radius 2 is 2.05 bits per heavy atom. The molecular weight excluding hydrogens is 268 g/mol. The Kier molecular flexibility index (Phi) is 3.33. The smallest absolute Gasteiger partial charge is 0.410 e. The normalized spacial score (nSPS) is 33.9. The van der Waals surface area contributed by atoms with Crippen molar-refractivity contribution < 1.29 is 17.9 Å². The third kappa shape index (κ3) is 2.45. The van der Waals surface area contributed by atoms with Crippen LogP contribution < -0.4 is 5.73 Å². The molecule has 1 amide bonds. The minimum absolute atomic E-state index is 0.121. The Hall–Kier alpha value is -0.820. The summed E-state index contributed by atoms with van der Waals surface area (Å²) in [5.74, 6) is 0.121. The first-order chi connectivity index (χ1) is 8.57. The zero-order valence-electron chi connectivity index (χ0n) is 11.7. The van der Waals surface area contributed by atoms with Crippen LogP contribution in [0.25, 0.3) is 0 Å². The van der Waals surface area contributed by atoms with Crippen LogP contribution in [-0.4, -0.2) is 54.6 Å². The lowest BCUT2D eigenvalue weighted by molar-refractivity contribution is 0.0289. The highest BCUT2D eigenvalue weighted by molar-refractivity contribution is 7.93. The van der Waals surface area contributed by atoms with Crippen LogP contribution in [0.1, 0.15) is 33.6 Å². The number of carbonyl (C=O) groups excluding carboxylic acids is 1. The summed E-state index contributed by atoms with van der Waals surface area (Å²) in [5, 5.41) is 0. The summed E-state index contributed by atoms with van der Waals surface area (Å²) in [6.45, 7) is 5.91. The minimum atomic E-state index is -3.22. The van der Waals surface area contributed by atoms with E-state index in [0.717, 1.165) is 0 Å². The molecule has 0 aromatic rings. The molecule has 2 fully saturated rings. The van der Waals surface area contributed by atoms with E-state index in [1.54, 1.807) is 20.8 Å². The standard InChI is InChI=1S/C12H22N2O4S/c1-11(2,3)18-10(15)14-6-5-12(8-14)9(13)4-7-19(12,16)17/h9H,4-8,13H2,1-3H3. The van der Waals surface area contributed by atoms with Gasteiger partial charge in [-0.15, -0.1) is 0 Å². The van der Waals surface area contributed by atoms with Gasteiger partial charge in [-0.3, -0.25) is 0 Å². The van der Waals surface area contributed by atoms with Gasteiger partial charge in [-0.25, -0.2) is 13.2 Å². The summed E-state index contributed by atoms with van der Waals surface area (Å²) >= 11 is 0. The van der Waals surface area contributed by atoms with Gasteiger partial charge in [0.2, 0.25) is 0 Å². The van der Waals surface area contributed by atoms with E-state index in [1.807, 2.05) is 0 Å². The van der Waals surface area contributed by atoms with Crippen molar-refractivity contribution in [3.63, 3.8) is 0 Å². The zero-order chi connectivity index (χ0) is 14.5. The van der Waals surface area contributed by atoms with Crippen LogP contribution in [0.5, 0.6) is 0 Å². The van der Waals surface area contributed by atoms with Crippen molar-refractivity contribution in [2.24, 2.45) is 5.73 Å². The largest absolute Gasteiger partial charge is 0.444 e. The van der Waals surface area contributed by atoms with Gasteiger partial charge in [0.05, 0.1) is 5.75 Å². The van der Waals surface area contributed by atoms with Crippen molar-refractivity contribution in [3.05, 3.63) is 0 Å². The molecule has 0 saturated carbocycles. The van der Waals surface area contributed by atoms with Crippen molar-refractivity contribution >= 4 is 15.9 Å². The van der Waals surface area contributed by atoms with Crippen LogP contribution in [0.4, 0.5) is 4.79 Å². The van der Waals surface area contributed by atoms with Crippen LogP contribution in [0.2, 0.25) is 0 Å². The topological polar surface area (TPSA) is 89.7 Å². The molecule has 19 heavy (non-hydrogen) atoms.